The first-order valence-corrected chi connectivity index (χ1v) is 10.2. The molecule has 5 nitrogen and oxygen atoms in total. The molecule has 0 spiro atoms. The summed E-state index contributed by atoms with van der Waals surface area (Å²) in [6.07, 6.45) is 3.41. The summed E-state index contributed by atoms with van der Waals surface area (Å²) in [7, 11) is 0. The maximum atomic E-state index is 12.7. The number of ether oxygens (including phenoxy) is 1. The van der Waals surface area contributed by atoms with E-state index in [9.17, 15) is 4.79 Å². The summed E-state index contributed by atoms with van der Waals surface area (Å²) < 4.78 is 5.44. The summed E-state index contributed by atoms with van der Waals surface area (Å²) in [6.45, 7) is 4.88. The highest BCUT2D eigenvalue weighted by Gasteiger charge is 2.18. The normalized spacial score (nSPS) is 13.7. The van der Waals surface area contributed by atoms with Gasteiger partial charge in [-0.25, -0.2) is 0 Å². The molecule has 28 heavy (non-hydrogen) atoms. The van der Waals surface area contributed by atoms with Gasteiger partial charge in [0.15, 0.2) is 5.11 Å². The van der Waals surface area contributed by atoms with Gasteiger partial charge in [0.05, 0.1) is 6.61 Å². The predicted molar refractivity (Wildman–Crippen MR) is 117 cm³/mol. The second kappa shape index (κ2) is 10.1. The van der Waals surface area contributed by atoms with Crippen LogP contribution in [-0.2, 0) is 6.54 Å². The number of benzene rings is 2. The third-order valence-corrected chi connectivity index (χ3v) is 4.94. The number of nitrogens with zero attached hydrogens (tertiary/aromatic N) is 1. The molecule has 0 unspecified atom stereocenters. The number of carbonyl (C=O) groups is 1. The maximum absolute atomic E-state index is 12.7. The van der Waals surface area contributed by atoms with Crippen molar-refractivity contribution in [3.8, 4) is 5.75 Å². The van der Waals surface area contributed by atoms with Crippen LogP contribution >= 0.6 is 12.2 Å². The molecular formula is C22H27N3O2S. The highest BCUT2D eigenvalue weighted by Crippen LogP contribution is 2.16. The molecule has 1 fully saturated rings. The van der Waals surface area contributed by atoms with Crippen LogP contribution in [0, 0.1) is 0 Å². The molecule has 0 aliphatic carbocycles. The minimum absolute atomic E-state index is 0.122. The fraction of sp³-hybridized carbons (Fsp3) is 0.364. The Morgan fingerprint density at radius 1 is 1.11 bits per heavy atom. The van der Waals surface area contributed by atoms with E-state index in [4.69, 9.17) is 17.0 Å². The van der Waals surface area contributed by atoms with Gasteiger partial charge in [0.25, 0.3) is 5.91 Å². The van der Waals surface area contributed by atoms with E-state index < -0.39 is 0 Å². The molecule has 6 heteroatoms. The number of rotatable bonds is 6. The summed E-state index contributed by atoms with van der Waals surface area (Å²) in [5.74, 6) is 0.957. The Kier molecular flexibility index (Phi) is 7.25. The Morgan fingerprint density at radius 3 is 2.57 bits per heavy atom. The molecule has 0 aromatic heterocycles. The van der Waals surface area contributed by atoms with Gasteiger partial charge in [0, 0.05) is 30.9 Å². The van der Waals surface area contributed by atoms with Crippen molar-refractivity contribution in [3.05, 3.63) is 59.7 Å². The van der Waals surface area contributed by atoms with E-state index in [0.717, 1.165) is 48.5 Å². The van der Waals surface area contributed by atoms with E-state index in [1.165, 1.54) is 6.42 Å². The molecule has 1 saturated heterocycles. The summed E-state index contributed by atoms with van der Waals surface area (Å²) >= 11 is 5.38. The summed E-state index contributed by atoms with van der Waals surface area (Å²) in [4.78, 5) is 14.6. The van der Waals surface area contributed by atoms with Gasteiger partial charge in [-0.15, -0.1) is 0 Å². The number of piperidine rings is 1. The SMILES string of the molecule is CCOc1ccc(NC(=S)NCc2cccc(C(=O)N3CCCCC3)c2)cc1. The zero-order valence-corrected chi connectivity index (χ0v) is 17.1. The van der Waals surface area contributed by atoms with Crippen molar-refractivity contribution in [2.75, 3.05) is 25.0 Å². The lowest BCUT2D eigenvalue weighted by Crippen LogP contribution is -2.35. The third kappa shape index (κ3) is 5.70. The van der Waals surface area contributed by atoms with Gasteiger partial charge in [0.2, 0.25) is 0 Å². The molecule has 1 aliphatic rings. The molecule has 3 rings (SSSR count). The maximum Gasteiger partial charge on any atom is 0.253 e. The van der Waals surface area contributed by atoms with E-state index in [1.54, 1.807) is 0 Å². The molecule has 0 radical (unpaired) electrons. The van der Waals surface area contributed by atoms with Crippen molar-refractivity contribution in [1.82, 2.24) is 10.2 Å². The van der Waals surface area contributed by atoms with E-state index in [0.29, 0.717) is 18.3 Å². The monoisotopic (exact) mass is 397 g/mol. The molecule has 0 atom stereocenters. The van der Waals surface area contributed by atoms with Gasteiger partial charge in [-0.1, -0.05) is 12.1 Å². The first-order chi connectivity index (χ1) is 13.7. The Hall–Kier alpha value is -2.60. The minimum atomic E-state index is 0.122. The molecule has 0 saturated carbocycles. The van der Waals surface area contributed by atoms with Gasteiger partial charge in [-0.3, -0.25) is 4.79 Å². The Morgan fingerprint density at radius 2 is 1.86 bits per heavy atom. The zero-order valence-electron chi connectivity index (χ0n) is 16.2. The van der Waals surface area contributed by atoms with Crippen LogP contribution in [0.15, 0.2) is 48.5 Å². The summed E-state index contributed by atoms with van der Waals surface area (Å²) in [5, 5.41) is 6.90. The van der Waals surface area contributed by atoms with Gasteiger partial charge in [-0.2, -0.15) is 0 Å². The molecule has 1 aliphatic heterocycles. The topological polar surface area (TPSA) is 53.6 Å². The first-order valence-electron chi connectivity index (χ1n) is 9.81. The highest BCUT2D eigenvalue weighted by atomic mass is 32.1. The van der Waals surface area contributed by atoms with Crippen LogP contribution in [0.2, 0.25) is 0 Å². The van der Waals surface area contributed by atoms with Gasteiger partial charge < -0.3 is 20.3 Å². The molecule has 2 aromatic carbocycles. The number of anilines is 1. The van der Waals surface area contributed by atoms with Crippen molar-refractivity contribution in [1.29, 1.82) is 0 Å². The fourth-order valence-electron chi connectivity index (χ4n) is 3.25. The lowest BCUT2D eigenvalue weighted by atomic mass is 10.1. The lowest BCUT2D eigenvalue weighted by molar-refractivity contribution is 0.0724. The van der Waals surface area contributed by atoms with Gasteiger partial charge in [0.1, 0.15) is 5.75 Å². The van der Waals surface area contributed by atoms with E-state index >= 15 is 0 Å². The number of likely N-dealkylation sites (tertiary alicyclic amines) is 1. The van der Waals surface area contributed by atoms with E-state index in [-0.39, 0.29) is 5.91 Å². The summed E-state index contributed by atoms with van der Waals surface area (Å²) in [5.41, 5.74) is 2.67. The van der Waals surface area contributed by atoms with E-state index in [2.05, 4.69) is 10.6 Å². The quantitative estimate of drug-likeness (QED) is 0.716. The summed E-state index contributed by atoms with van der Waals surface area (Å²) in [6, 6.07) is 15.4. The number of nitrogens with one attached hydrogen (secondary N) is 2. The van der Waals surface area contributed by atoms with Crippen LogP contribution in [-0.4, -0.2) is 35.6 Å². The number of hydrogen-bond acceptors (Lipinski definition) is 3. The van der Waals surface area contributed by atoms with Crippen LogP contribution < -0.4 is 15.4 Å². The standard InChI is InChI=1S/C22H27N3O2S/c1-2-27-20-11-9-19(10-12-20)24-22(28)23-16-17-7-6-8-18(15-17)21(26)25-13-4-3-5-14-25/h6-12,15H,2-5,13-14,16H2,1H3,(H2,23,24,28). The van der Waals surface area contributed by atoms with Crippen LogP contribution in [0.5, 0.6) is 5.75 Å². The molecule has 148 valence electrons. The molecular weight excluding hydrogens is 370 g/mol. The molecule has 2 aromatic rings. The first kappa shape index (κ1) is 20.1. The van der Waals surface area contributed by atoms with Crippen molar-refractivity contribution in [2.24, 2.45) is 0 Å². The van der Waals surface area contributed by atoms with Gasteiger partial charge in [-0.05, 0) is 80.4 Å². The molecule has 1 amide bonds. The molecule has 1 heterocycles. The predicted octanol–water partition coefficient (Wildman–Crippen LogP) is 4.20. The number of hydrogen-bond donors (Lipinski definition) is 2. The number of carbonyl (C=O) groups excluding carboxylic acids is 1. The Bertz CT molecular complexity index is 802. The van der Waals surface area contributed by atoms with Crippen molar-refractivity contribution in [3.63, 3.8) is 0 Å². The average molecular weight is 398 g/mol. The largest absolute Gasteiger partial charge is 0.494 e. The Balaban J connectivity index is 1.52. The fourth-order valence-corrected chi connectivity index (χ4v) is 3.44. The van der Waals surface area contributed by atoms with Crippen LogP contribution in [0.25, 0.3) is 0 Å². The van der Waals surface area contributed by atoms with E-state index in [1.807, 2.05) is 60.4 Å². The minimum Gasteiger partial charge on any atom is -0.494 e. The zero-order chi connectivity index (χ0) is 19.8. The van der Waals surface area contributed by atoms with Crippen LogP contribution in [0.3, 0.4) is 0 Å². The highest BCUT2D eigenvalue weighted by molar-refractivity contribution is 7.80. The van der Waals surface area contributed by atoms with Crippen molar-refractivity contribution >= 4 is 28.9 Å². The second-order valence-corrected chi connectivity index (χ2v) is 7.23. The third-order valence-electron chi connectivity index (χ3n) is 4.69. The smallest absolute Gasteiger partial charge is 0.253 e. The average Bonchev–Trinajstić information content (AvgIpc) is 2.74. The second-order valence-electron chi connectivity index (χ2n) is 6.82. The molecule has 2 N–H and O–H groups in total. The van der Waals surface area contributed by atoms with Crippen molar-refractivity contribution < 1.29 is 9.53 Å². The van der Waals surface area contributed by atoms with Crippen LogP contribution in [0.4, 0.5) is 5.69 Å². The number of amides is 1. The Labute approximate surface area is 172 Å². The molecule has 0 bridgehead atoms. The van der Waals surface area contributed by atoms with Gasteiger partial charge >= 0.3 is 0 Å². The number of thiocarbonyl (C=S) groups is 1. The van der Waals surface area contributed by atoms with Crippen molar-refractivity contribution in [2.45, 2.75) is 32.7 Å². The lowest BCUT2D eigenvalue weighted by Gasteiger charge is -2.26. The van der Waals surface area contributed by atoms with Crippen LogP contribution in [0.1, 0.15) is 42.1 Å².